The van der Waals surface area contributed by atoms with Gasteiger partial charge in [0.25, 0.3) is 5.82 Å². The zero-order chi connectivity index (χ0) is 35.1. The zero-order valence-electron chi connectivity index (χ0n) is 34.5. The number of hydrogen-bond donors (Lipinski definition) is 0. The van der Waals surface area contributed by atoms with Gasteiger partial charge in [0.2, 0.25) is 0 Å². The van der Waals surface area contributed by atoms with Gasteiger partial charge >= 0.3 is 0 Å². The van der Waals surface area contributed by atoms with Crippen LogP contribution in [-0.2, 0) is 19.5 Å². The van der Waals surface area contributed by atoms with Crippen molar-refractivity contribution in [1.82, 2.24) is 4.57 Å². The zero-order valence-corrected chi connectivity index (χ0v) is 34.5. The van der Waals surface area contributed by atoms with E-state index in [0.29, 0.717) is 0 Å². The van der Waals surface area contributed by atoms with Crippen LogP contribution in [0.4, 0.5) is 0 Å². The van der Waals surface area contributed by atoms with Crippen molar-refractivity contribution in [1.29, 1.82) is 0 Å². The molecule has 290 valence electrons. The minimum atomic E-state index is 1.23. The molecule has 0 spiro atoms. The van der Waals surface area contributed by atoms with Crippen LogP contribution in [0.1, 0.15) is 271 Å². The summed E-state index contributed by atoms with van der Waals surface area (Å²) in [6.07, 6.45) is 60.9. The maximum Gasteiger partial charge on any atom is 0.256 e. The van der Waals surface area contributed by atoms with E-state index < -0.39 is 0 Å². The molecule has 0 saturated heterocycles. The Labute approximate surface area is 310 Å². The molecule has 0 radical (unpaired) electrons. The van der Waals surface area contributed by atoms with E-state index in [9.17, 15) is 0 Å². The molecule has 1 rings (SSSR count). The van der Waals surface area contributed by atoms with Gasteiger partial charge in [-0.15, -0.1) is 0 Å². The van der Waals surface area contributed by atoms with Crippen LogP contribution in [0.3, 0.4) is 0 Å². The van der Waals surface area contributed by atoms with Crippen molar-refractivity contribution in [2.24, 2.45) is 0 Å². The number of rotatable bonds is 41. The van der Waals surface area contributed by atoms with E-state index in [4.69, 9.17) is 0 Å². The predicted octanol–water partition coefficient (Wildman–Crippen LogP) is 16.2. The molecule has 49 heavy (non-hydrogen) atoms. The Morgan fingerprint density at radius 3 is 0.980 bits per heavy atom. The largest absolute Gasteiger partial charge is 0.256 e. The Bertz CT molecular complexity index is 751. The first-order valence-electron chi connectivity index (χ1n) is 23.4. The lowest BCUT2D eigenvalue weighted by molar-refractivity contribution is -0.704. The molecule has 0 unspecified atom stereocenters. The highest BCUT2D eigenvalue weighted by molar-refractivity contribution is 4.84. The van der Waals surface area contributed by atoms with Crippen LogP contribution < -0.4 is 4.57 Å². The molecule has 1 heterocycles. The van der Waals surface area contributed by atoms with Gasteiger partial charge in [0.1, 0.15) is 12.4 Å². The lowest BCUT2D eigenvalue weighted by Crippen LogP contribution is -2.37. The summed E-state index contributed by atoms with van der Waals surface area (Å²) in [7, 11) is 0. The number of hydrogen-bond acceptors (Lipinski definition) is 0. The van der Waals surface area contributed by atoms with Crippen LogP contribution in [-0.4, -0.2) is 4.57 Å². The van der Waals surface area contributed by atoms with Crippen molar-refractivity contribution >= 4 is 0 Å². The lowest BCUT2D eigenvalue weighted by Gasteiger charge is -2.07. The summed E-state index contributed by atoms with van der Waals surface area (Å²) in [5, 5.41) is 0. The first-order chi connectivity index (χ1) is 24.3. The normalized spacial score (nSPS) is 11.7. The second-order valence-corrected chi connectivity index (χ2v) is 16.2. The maximum atomic E-state index is 2.64. The minimum Gasteiger partial charge on any atom is -0.234 e. The monoisotopic (exact) mass is 686 g/mol. The first kappa shape index (κ1) is 46.2. The second kappa shape index (κ2) is 38.4. The van der Waals surface area contributed by atoms with Crippen LogP contribution in [0.2, 0.25) is 0 Å². The highest BCUT2D eigenvalue weighted by Gasteiger charge is 2.16. The van der Waals surface area contributed by atoms with Crippen molar-refractivity contribution in [3.63, 3.8) is 0 Å². The second-order valence-electron chi connectivity index (χ2n) is 16.2. The summed E-state index contributed by atoms with van der Waals surface area (Å²) in [5.41, 5.74) is 0. The van der Waals surface area contributed by atoms with Crippen LogP contribution >= 0.6 is 0 Å². The fraction of sp³-hybridized carbons (Fsp3) is 0.936. The Morgan fingerprint density at radius 2 is 0.633 bits per heavy atom. The molecule has 2 nitrogen and oxygen atoms in total. The molecule has 0 saturated carbocycles. The topological polar surface area (TPSA) is 8.81 Å². The minimum absolute atomic E-state index is 1.23. The van der Waals surface area contributed by atoms with E-state index >= 15 is 0 Å². The molecular formula is C47H93N2+. The van der Waals surface area contributed by atoms with Crippen molar-refractivity contribution in [3.05, 3.63) is 18.2 Å². The summed E-state index contributed by atoms with van der Waals surface area (Å²) in [6.45, 7) is 9.42. The van der Waals surface area contributed by atoms with Crippen LogP contribution in [0.25, 0.3) is 0 Å². The number of imidazole rings is 1. The maximum absolute atomic E-state index is 2.64. The highest BCUT2D eigenvalue weighted by Crippen LogP contribution is 2.16. The van der Waals surface area contributed by atoms with E-state index in [-0.39, 0.29) is 0 Å². The standard InChI is InChI=1S/C47H93N2/c1-4-7-10-13-15-17-19-21-23-25-27-29-31-33-35-38-41-44-49-46-45-48(47(49)42-39-36-12-9-6-3)43-40-37-34-32-30-28-26-24-22-20-18-16-14-11-8-5-2/h45-46H,4-44H2,1-3H3/q+1. The molecule has 0 aromatic carbocycles. The number of aromatic nitrogens is 2. The van der Waals surface area contributed by atoms with Gasteiger partial charge in [0.05, 0.1) is 13.1 Å². The van der Waals surface area contributed by atoms with Crippen molar-refractivity contribution in [2.75, 3.05) is 0 Å². The van der Waals surface area contributed by atoms with E-state index in [0.717, 1.165) is 0 Å². The predicted molar refractivity (Wildman–Crippen MR) is 221 cm³/mol. The summed E-state index contributed by atoms with van der Waals surface area (Å²) >= 11 is 0. The number of nitrogens with zero attached hydrogens (tertiary/aromatic N) is 2. The molecule has 1 aromatic heterocycles. The van der Waals surface area contributed by atoms with Gasteiger partial charge in [-0.3, -0.25) is 0 Å². The van der Waals surface area contributed by atoms with E-state index in [1.54, 1.807) is 5.82 Å². The lowest BCUT2D eigenvalue weighted by atomic mass is 10.0. The molecule has 0 atom stereocenters. The summed E-state index contributed by atoms with van der Waals surface area (Å²) in [4.78, 5) is 0. The summed E-state index contributed by atoms with van der Waals surface area (Å²) in [5.74, 6) is 1.62. The van der Waals surface area contributed by atoms with Crippen LogP contribution in [0.15, 0.2) is 12.4 Å². The fourth-order valence-corrected chi connectivity index (χ4v) is 7.92. The van der Waals surface area contributed by atoms with Gasteiger partial charge in [-0.05, 0) is 32.1 Å². The average molecular weight is 686 g/mol. The molecule has 0 N–H and O–H groups in total. The SMILES string of the molecule is CCCCCCCCCCCCCCCCCCCn1cc[n+](CCCCCCCCCCCCCCCCCC)c1CCCCCCC. The molecule has 0 fully saturated rings. The molecule has 0 bridgehead atoms. The van der Waals surface area contributed by atoms with Crippen LogP contribution in [0, 0.1) is 0 Å². The third kappa shape index (κ3) is 30.5. The molecule has 1 aromatic rings. The molecule has 0 aliphatic heterocycles. The van der Waals surface area contributed by atoms with Gasteiger partial charge in [-0.2, -0.15) is 0 Å². The van der Waals surface area contributed by atoms with Gasteiger partial charge in [-0.25, -0.2) is 9.13 Å². The molecular weight excluding hydrogens is 593 g/mol. The van der Waals surface area contributed by atoms with Crippen molar-refractivity contribution in [2.45, 2.75) is 284 Å². The molecule has 0 amide bonds. The first-order valence-corrected chi connectivity index (χ1v) is 23.4. The quantitative estimate of drug-likeness (QED) is 0.0479. The summed E-state index contributed by atoms with van der Waals surface area (Å²) in [6, 6.07) is 0. The third-order valence-electron chi connectivity index (χ3n) is 11.3. The summed E-state index contributed by atoms with van der Waals surface area (Å²) < 4.78 is 5.27. The van der Waals surface area contributed by atoms with E-state index in [1.165, 1.54) is 264 Å². The Morgan fingerprint density at radius 1 is 0.347 bits per heavy atom. The van der Waals surface area contributed by atoms with Gasteiger partial charge in [0, 0.05) is 6.42 Å². The van der Waals surface area contributed by atoms with Gasteiger partial charge in [0.15, 0.2) is 0 Å². The van der Waals surface area contributed by atoms with Gasteiger partial charge < -0.3 is 0 Å². The number of unbranched alkanes of at least 4 members (excludes halogenated alkanes) is 35. The molecule has 0 aliphatic carbocycles. The molecule has 2 heteroatoms. The third-order valence-corrected chi connectivity index (χ3v) is 11.3. The van der Waals surface area contributed by atoms with E-state index in [1.807, 2.05) is 0 Å². The molecule has 0 aliphatic rings. The smallest absolute Gasteiger partial charge is 0.234 e. The number of aryl methyl sites for hydroxylation is 2. The van der Waals surface area contributed by atoms with Gasteiger partial charge in [-0.1, -0.05) is 233 Å². The van der Waals surface area contributed by atoms with E-state index in [2.05, 4.69) is 42.3 Å². The fourth-order valence-electron chi connectivity index (χ4n) is 7.92. The van der Waals surface area contributed by atoms with Crippen molar-refractivity contribution in [3.8, 4) is 0 Å². The Kier molecular flexibility index (Phi) is 36.3. The Hall–Kier alpha value is -0.790. The Balaban J connectivity index is 2.11. The van der Waals surface area contributed by atoms with Crippen LogP contribution in [0.5, 0.6) is 0 Å². The average Bonchev–Trinajstić information content (AvgIpc) is 3.50. The highest BCUT2D eigenvalue weighted by atomic mass is 15.1. The van der Waals surface area contributed by atoms with Crippen molar-refractivity contribution < 1.29 is 4.57 Å².